The molecule has 6 atom stereocenters. The van der Waals surface area contributed by atoms with Crippen molar-refractivity contribution < 1.29 is 141 Å². The van der Waals surface area contributed by atoms with E-state index < -0.39 is 104 Å². The summed E-state index contributed by atoms with van der Waals surface area (Å²) in [5.74, 6) is 3.79. The Balaban J connectivity index is -0.00000160. The Morgan fingerprint density at radius 3 is 0.979 bits per heavy atom. The number of hydrogen-bond acceptors (Lipinski definition) is 26. The van der Waals surface area contributed by atoms with Crippen LogP contribution in [0.25, 0.3) is 10.4 Å². The number of nitrogens with zero attached hydrogens (tertiary/aromatic N) is 3. The van der Waals surface area contributed by atoms with Crippen LogP contribution in [0.2, 0.25) is 51.4 Å². The molecule has 6 aliphatic carbocycles. The third-order valence-corrected chi connectivity index (χ3v) is 28.4. The van der Waals surface area contributed by atoms with Gasteiger partial charge in [-0.05, 0) is 215 Å². The van der Waals surface area contributed by atoms with Crippen molar-refractivity contribution in [1.82, 2.24) is 37.2 Å². The van der Waals surface area contributed by atoms with E-state index in [2.05, 4.69) is 97.2 Å². The molecule has 7 rings (SSSR count). The fourth-order valence-corrected chi connectivity index (χ4v) is 19.2. The number of azide groups is 1. The molecule has 0 saturated heterocycles. The van der Waals surface area contributed by atoms with Crippen LogP contribution in [0, 0.1) is 42.4 Å². The molecule has 0 heterocycles. The van der Waals surface area contributed by atoms with E-state index in [-0.39, 0.29) is 108 Å². The largest absolute Gasteiger partial charge is 1.00 e. The van der Waals surface area contributed by atoms with Crippen molar-refractivity contribution in [2.45, 2.75) is 462 Å². The molecule has 6 fully saturated rings. The van der Waals surface area contributed by atoms with E-state index in [9.17, 15) is 63.9 Å². The second-order valence-electron chi connectivity index (χ2n) is 46.4. The predicted molar refractivity (Wildman–Crippen MR) is 570 cm³/mol. The van der Waals surface area contributed by atoms with Gasteiger partial charge in [0.2, 0.25) is 9.05 Å². The average Bonchev–Trinajstić information content (AvgIpc) is 0.861. The molecule has 0 unspecified atom stereocenters. The Morgan fingerprint density at radius 1 is 0.441 bits per heavy atom. The first kappa shape index (κ1) is 142. The molecule has 0 aliphatic heterocycles. The van der Waals surface area contributed by atoms with Gasteiger partial charge in [-0.15, -0.1) is 0 Å². The summed E-state index contributed by atoms with van der Waals surface area (Å²) in [5, 5.41) is 32.7. The van der Waals surface area contributed by atoms with E-state index >= 15 is 0 Å². The number of ether oxygens (including phenoxy) is 7. The number of aliphatic hydroxyl groups excluding tert-OH is 1. The summed E-state index contributed by atoms with van der Waals surface area (Å²) in [7, 11) is -8.58. The van der Waals surface area contributed by atoms with Gasteiger partial charge in [-0.3, -0.25) is 8.74 Å². The normalized spacial score (nSPS) is 17.4. The van der Waals surface area contributed by atoms with Gasteiger partial charge < -0.3 is 92.4 Å². The van der Waals surface area contributed by atoms with E-state index in [1.807, 2.05) is 90.0 Å². The summed E-state index contributed by atoms with van der Waals surface area (Å²) in [6.45, 7) is 45.5. The molecule has 6 saturated carbocycles. The third-order valence-electron chi connectivity index (χ3n) is 23.5. The molecule has 0 radical (unpaired) electrons. The second-order valence-corrected chi connectivity index (χ2v) is 63.7. The Kier molecular flexibility index (Phi) is 73.3. The molecule has 0 spiro atoms. The fourth-order valence-electron chi connectivity index (χ4n) is 16.8. The van der Waals surface area contributed by atoms with Crippen LogP contribution < -0.4 is 78.2 Å². The molecule has 143 heavy (non-hydrogen) atoms. The SMILES string of the molecule is CC(C)(C)OC(=O)N[C@H](CN)CC1CCCCC1.CC(C)(C)OC(=O)N[C@H](CN=[N+]=[N-])CC1CCCCC1.CC(C)(C)OC(=O)N[C@H](CNC(=O)OCC[Si](C)(C)C)CC1CCCCC1.CC(C)(C)OC(=O)N[C@H](CO)CC1CCCCC1.CC(C)(C)OC(=O)N[C@H](COS(C)(=O)=O)CC1CCCCC1.CS(=O)(=O)Cl.C[Si](C)(C)CCOC(=O)NC[C@@H](N)CC1CCCCC1.Cc1ccc(S(=O)(=O)O)cc1.[Na+].[OH-]. The number of nitrogens with two attached hydrogens (primary N) is 2. The summed E-state index contributed by atoms with van der Waals surface area (Å²) in [6.07, 6.45) is 42.0. The number of alkyl carbamates (subject to hydrolysis) is 7. The summed E-state index contributed by atoms with van der Waals surface area (Å²) in [5.41, 5.74) is 18.6. The number of amides is 7. The van der Waals surface area contributed by atoms with Crippen molar-refractivity contribution in [2.75, 3.05) is 65.1 Å². The zero-order chi connectivity index (χ0) is 108. The zero-order valence-corrected chi connectivity index (χ0v) is 99.5. The van der Waals surface area contributed by atoms with E-state index in [1.54, 1.807) is 32.9 Å². The van der Waals surface area contributed by atoms with Gasteiger partial charge in [0, 0.05) is 82.1 Å². The molecule has 6 aliphatic rings. The van der Waals surface area contributed by atoms with Crippen molar-refractivity contribution in [2.24, 2.45) is 52.1 Å². The Labute approximate surface area is 890 Å². The first-order valence-corrected chi connectivity index (χ1v) is 65.1. The van der Waals surface area contributed by atoms with Crippen molar-refractivity contribution in [3.8, 4) is 0 Å². The average molecular weight is 2160 g/mol. The fraction of sp³-hybridized carbons (Fsp3) is 0.870. The topological polar surface area (TPSA) is 551 Å². The Hall–Kier alpha value is -5.25. The van der Waals surface area contributed by atoms with Gasteiger partial charge >= 0.3 is 72.2 Å². The standard InChI is InChI=1S/C20H40N2O4Si.C15H32N2O2Si.C15H29NO5S.C14H26N4O2.C14H28N2O2.C14H27NO3.C7H8O3S.CH3ClO2S.Na.H2O/c1-20(2,3)26-19(24)22-17(14-16-10-8-7-9-11-16)15-21-18(23)25-12-13-27(4,5)6;1-20(2,3)10-9-19-15(18)17-12-14(16)11-13-7-5-4-6-8-13;1-15(2,3)21-14(17)16-13(11-20-22(4,18)19)10-12-8-6-5-7-9-12;1-14(2,3)20-13(19)17-12(10-16-18-15)9-11-7-5-4-6-8-11;1-14(2,3)18-13(17)16-12(10-15)9-11-7-5-4-6-8-11;1-14(2,3)18-13(17)15-12(10-16)9-11-7-5-4-6-8-11;1-6-2-4-7(5-3-6)11(8,9)10;1-5(2,3)4;;/h16-17H,7-15H2,1-6H3,(H,21,23)(H,22,24);13-14H,4-12,16H2,1-3H3,(H,17,18);12-13H,5-11H2,1-4H3,(H,16,17);11-12H,4-10H2,1-3H3,(H,17,19);11-12H,4-10,15H2,1-3H3,(H,16,17);11-12,16H,4-10H2,1-3H3,(H,15,17);2-5H,1H3,(H,8,9,10);1H3;;1H2/q;;;;;;;;+1;/p-1/t17-;14-;13-;3*12-;;;;/m000000..../s1. The molecule has 0 bridgehead atoms. The predicted octanol–water partition coefficient (Wildman–Crippen LogP) is 19.2. The summed E-state index contributed by atoms with van der Waals surface area (Å²) < 4.78 is 112. The molecule has 14 N–H and O–H groups in total. The monoisotopic (exact) mass is 2160 g/mol. The van der Waals surface area contributed by atoms with Gasteiger partial charge in [-0.2, -0.15) is 16.8 Å². The van der Waals surface area contributed by atoms with Crippen LogP contribution in [0.4, 0.5) is 33.6 Å². The zero-order valence-electron chi connectivity index (χ0n) is 92.3. The first-order chi connectivity index (χ1) is 65.1. The van der Waals surface area contributed by atoms with Crippen LogP contribution in [0.1, 0.15) is 341 Å². The van der Waals surface area contributed by atoms with Crippen molar-refractivity contribution in [1.29, 1.82) is 0 Å². The number of hydrogen-bond donors (Lipinski definition) is 11. The van der Waals surface area contributed by atoms with E-state index in [0.29, 0.717) is 62.4 Å². The minimum atomic E-state index is -4.02. The van der Waals surface area contributed by atoms with Gasteiger partial charge in [0.1, 0.15) is 28.0 Å². The number of carbonyl (C=O) groups excluding carboxylic acids is 7. The molecule has 1 aromatic carbocycles. The quantitative estimate of drug-likeness (QED) is 0.00439. The van der Waals surface area contributed by atoms with Crippen LogP contribution in [-0.2, 0) is 66.6 Å². The van der Waals surface area contributed by atoms with E-state index in [4.69, 9.17) is 58.9 Å². The smallest absolute Gasteiger partial charge is 0.870 e. The maximum Gasteiger partial charge on any atom is 1.00 e. The number of aliphatic hydroxyl groups is 1. The molecule has 0 aromatic heterocycles. The number of benzene rings is 1. The Morgan fingerprint density at radius 2 is 0.699 bits per heavy atom. The minimum Gasteiger partial charge on any atom is -0.870 e. The first-order valence-electron chi connectivity index (χ1n) is 51.7. The van der Waals surface area contributed by atoms with Crippen LogP contribution in [0.3, 0.4) is 0 Å². The summed E-state index contributed by atoms with van der Waals surface area (Å²) in [4.78, 5) is 85.4. The van der Waals surface area contributed by atoms with E-state index in [0.717, 1.165) is 87.4 Å². The maximum atomic E-state index is 12.2. The summed E-state index contributed by atoms with van der Waals surface area (Å²) >= 11 is 0. The number of aryl methyl sites for hydroxylation is 1. The molecule has 7 amide bonds. The third kappa shape index (κ3) is 90.4. The van der Waals surface area contributed by atoms with Crippen LogP contribution in [0.5, 0.6) is 0 Å². The number of halogens is 1. The summed E-state index contributed by atoms with van der Waals surface area (Å²) in [6, 6.07) is 7.23. The molecule has 1 aromatic rings. The molecule has 43 heteroatoms. The van der Waals surface area contributed by atoms with Gasteiger partial charge in [0.15, 0.2) is 0 Å². The van der Waals surface area contributed by atoms with Crippen LogP contribution in [-0.4, -0.2) is 229 Å². The Bertz CT molecular complexity index is 3980. The molecular formula is C100H194ClN12NaO24S3Si2. The number of rotatable bonds is 35. The minimum absolute atomic E-state index is 0. The van der Waals surface area contributed by atoms with Gasteiger partial charge in [-0.1, -0.05) is 255 Å². The van der Waals surface area contributed by atoms with Crippen LogP contribution >= 0.6 is 10.7 Å². The van der Waals surface area contributed by atoms with E-state index in [1.165, 1.54) is 192 Å². The second kappa shape index (κ2) is 73.8. The number of carbonyl (C=O) groups is 7. The van der Waals surface area contributed by atoms with Gasteiger partial charge in [0.25, 0.3) is 20.2 Å². The van der Waals surface area contributed by atoms with Crippen molar-refractivity contribution >= 4 is 98.8 Å². The van der Waals surface area contributed by atoms with Crippen molar-refractivity contribution in [3.63, 3.8) is 0 Å². The molecule has 36 nitrogen and oxygen atoms in total. The van der Waals surface area contributed by atoms with Crippen LogP contribution in [0.15, 0.2) is 34.3 Å². The van der Waals surface area contributed by atoms with Crippen molar-refractivity contribution in [3.05, 3.63) is 40.3 Å². The number of nitrogens with one attached hydrogen (secondary N) is 7. The van der Waals surface area contributed by atoms with Gasteiger partial charge in [-0.25, -0.2) is 42.0 Å². The molecule has 832 valence electrons. The maximum absolute atomic E-state index is 12.2. The molecular weight excluding hydrogens is 1960 g/mol. The van der Waals surface area contributed by atoms with Gasteiger partial charge in [0.05, 0.1) is 55.9 Å².